The average molecular weight is 233 g/mol. The molecule has 17 heavy (non-hydrogen) atoms. The number of carbonyl (C=O) groups excluding carboxylic acids is 2. The second-order valence-electron chi connectivity index (χ2n) is 3.28. The van der Waals surface area contributed by atoms with Crippen molar-refractivity contribution in [3.63, 3.8) is 0 Å². The van der Waals surface area contributed by atoms with Crippen molar-refractivity contribution in [3.05, 3.63) is 47.5 Å². The molecule has 2 rings (SSSR count). The van der Waals surface area contributed by atoms with E-state index in [1.54, 1.807) is 0 Å². The van der Waals surface area contributed by atoms with Crippen molar-refractivity contribution < 1.29 is 14.0 Å². The molecule has 2 aromatic rings. The number of nitrogens with one attached hydrogen (secondary N) is 2. The van der Waals surface area contributed by atoms with Crippen LogP contribution in [-0.2, 0) is 0 Å². The summed E-state index contributed by atoms with van der Waals surface area (Å²) < 4.78 is 12.7. The van der Waals surface area contributed by atoms with Gasteiger partial charge in [-0.25, -0.2) is 4.39 Å². The van der Waals surface area contributed by atoms with Crippen LogP contribution in [0.4, 0.5) is 10.1 Å². The van der Waals surface area contributed by atoms with E-state index >= 15 is 0 Å². The van der Waals surface area contributed by atoms with Crippen LogP contribution >= 0.6 is 0 Å². The molecule has 2 N–H and O–H groups in total. The molecular weight excluding hydrogens is 225 g/mol. The molecule has 0 aliphatic rings. The third kappa shape index (κ3) is 2.36. The highest BCUT2D eigenvalue weighted by atomic mass is 19.1. The Kier molecular flexibility index (Phi) is 2.95. The molecule has 0 saturated carbocycles. The van der Waals surface area contributed by atoms with E-state index in [4.69, 9.17) is 0 Å². The number of aromatic nitrogens is 2. The maximum absolute atomic E-state index is 12.7. The van der Waals surface area contributed by atoms with Gasteiger partial charge in [0.15, 0.2) is 6.29 Å². The summed E-state index contributed by atoms with van der Waals surface area (Å²) in [6.45, 7) is 0. The van der Waals surface area contributed by atoms with Gasteiger partial charge in [0.25, 0.3) is 5.91 Å². The van der Waals surface area contributed by atoms with Gasteiger partial charge < -0.3 is 5.32 Å². The van der Waals surface area contributed by atoms with Gasteiger partial charge in [0.1, 0.15) is 11.5 Å². The van der Waals surface area contributed by atoms with E-state index < -0.39 is 11.7 Å². The zero-order chi connectivity index (χ0) is 12.3. The van der Waals surface area contributed by atoms with E-state index in [0.717, 1.165) is 0 Å². The number of aromatic amines is 1. The van der Waals surface area contributed by atoms with Crippen LogP contribution in [0.5, 0.6) is 0 Å². The van der Waals surface area contributed by atoms with Gasteiger partial charge in [0.05, 0.1) is 11.9 Å². The molecule has 1 aromatic carbocycles. The molecule has 0 unspecified atom stereocenters. The van der Waals surface area contributed by atoms with Crippen molar-refractivity contribution in [2.75, 3.05) is 5.32 Å². The average Bonchev–Trinajstić information content (AvgIpc) is 2.77. The van der Waals surface area contributed by atoms with E-state index in [1.165, 1.54) is 30.5 Å². The molecule has 0 aliphatic carbocycles. The van der Waals surface area contributed by atoms with Crippen molar-refractivity contribution in [1.82, 2.24) is 10.2 Å². The number of hydrogen-bond acceptors (Lipinski definition) is 3. The van der Waals surface area contributed by atoms with Crippen LogP contribution in [0, 0.1) is 5.82 Å². The monoisotopic (exact) mass is 233 g/mol. The molecule has 5 nitrogen and oxygen atoms in total. The van der Waals surface area contributed by atoms with Crippen molar-refractivity contribution in [2.45, 2.75) is 0 Å². The van der Waals surface area contributed by atoms with Crippen molar-refractivity contribution >= 4 is 17.9 Å². The Morgan fingerprint density at radius 2 is 2.06 bits per heavy atom. The van der Waals surface area contributed by atoms with Gasteiger partial charge in [-0.2, -0.15) is 5.10 Å². The number of H-pyrrole nitrogens is 1. The Hall–Kier alpha value is -2.50. The second-order valence-corrected chi connectivity index (χ2v) is 3.28. The first-order valence-electron chi connectivity index (χ1n) is 4.76. The van der Waals surface area contributed by atoms with Crippen molar-refractivity contribution in [2.24, 2.45) is 0 Å². The van der Waals surface area contributed by atoms with E-state index in [1.807, 2.05) is 0 Å². The molecule has 0 atom stereocenters. The van der Waals surface area contributed by atoms with E-state index in [2.05, 4.69) is 15.5 Å². The SMILES string of the molecule is O=Cc1[nH]ncc1NC(=O)c1ccc(F)cc1. The van der Waals surface area contributed by atoms with Crippen LogP contribution in [0.1, 0.15) is 20.8 Å². The number of rotatable bonds is 3. The molecule has 1 heterocycles. The zero-order valence-corrected chi connectivity index (χ0v) is 8.61. The summed E-state index contributed by atoms with van der Waals surface area (Å²) in [4.78, 5) is 22.3. The normalized spacial score (nSPS) is 9.94. The van der Waals surface area contributed by atoms with Crippen LogP contribution in [0.3, 0.4) is 0 Å². The predicted octanol–water partition coefficient (Wildman–Crippen LogP) is 1.61. The van der Waals surface area contributed by atoms with Crippen LogP contribution < -0.4 is 5.32 Å². The lowest BCUT2D eigenvalue weighted by Crippen LogP contribution is -2.12. The summed E-state index contributed by atoms with van der Waals surface area (Å²) in [7, 11) is 0. The van der Waals surface area contributed by atoms with Crippen LogP contribution in [0.25, 0.3) is 0 Å². The molecule has 0 saturated heterocycles. The van der Waals surface area contributed by atoms with E-state index in [9.17, 15) is 14.0 Å². The van der Waals surface area contributed by atoms with Gasteiger partial charge in [-0.3, -0.25) is 14.7 Å². The highest BCUT2D eigenvalue weighted by molar-refractivity contribution is 6.05. The minimum atomic E-state index is -0.436. The molecule has 1 aromatic heterocycles. The quantitative estimate of drug-likeness (QED) is 0.791. The number of amides is 1. The van der Waals surface area contributed by atoms with E-state index in [-0.39, 0.29) is 11.4 Å². The summed E-state index contributed by atoms with van der Waals surface area (Å²) in [6, 6.07) is 5.08. The number of benzene rings is 1. The number of carbonyl (C=O) groups is 2. The van der Waals surface area contributed by atoms with Gasteiger partial charge in [0, 0.05) is 5.56 Å². The molecule has 86 valence electrons. The number of nitrogens with zero attached hydrogens (tertiary/aromatic N) is 1. The van der Waals surface area contributed by atoms with Crippen molar-refractivity contribution in [1.29, 1.82) is 0 Å². The molecule has 0 fully saturated rings. The lowest BCUT2D eigenvalue weighted by atomic mass is 10.2. The minimum Gasteiger partial charge on any atom is -0.319 e. The maximum atomic E-state index is 12.7. The van der Waals surface area contributed by atoms with E-state index in [0.29, 0.717) is 11.8 Å². The highest BCUT2D eigenvalue weighted by Crippen LogP contribution is 2.11. The molecule has 0 radical (unpaired) electrons. The highest BCUT2D eigenvalue weighted by Gasteiger charge is 2.10. The van der Waals surface area contributed by atoms with Crippen LogP contribution in [0.15, 0.2) is 30.5 Å². The Labute approximate surface area is 95.7 Å². The lowest BCUT2D eigenvalue weighted by molar-refractivity contribution is 0.102. The molecule has 0 aliphatic heterocycles. The Bertz CT molecular complexity index is 548. The first kappa shape index (κ1) is 11.0. The Morgan fingerprint density at radius 3 is 2.71 bits per heavy atom. The number of hydrogen-bond donors (Lipinski definition) is 2. The molecule has 6 heteroatoms. The zero-order valence-electron chi connectivity index (χ0n) is 8.61. The number of anilines is 1. The molecule has 0 spiro atoms. The Balaban J connectivity index is 2.17. The fourth-order valence-electron chi connectivity index (χ4n) is 1.28. The second kappa shape index (κ2) is 4.56. The fourth-order valence-corrected chi connectivity index (χ4v) is 1.28. The van der Waals surface area contributed by atoms with Gasteiger partial charge in [-0.15, -0.1) is 0 Å². The third-order valence-corrected chi connectivity index (χ3v) is 2.14. The topological polar surface area (TPSA) is 74.8 Å². The fraction of sp³-hybridized carbons (Fsp3) is 0. The van der Waals surface area contributed by atoms with Gasteiger partial charge in [-0.1, -0.05) is 0 Å². The first-order chi connectivity index (χ1) is 8.20. The molecular formula is C11H8FN3O2. The number of halogens is 1. The summed E-state index contributed by atoms with van der Waals surface area (Å²) in [6.07, 6.45) is 1.87. The van der Waals surface area contributed by atoms with Gasteiger partial charge in [-0.05, 0) is 24.3 Å². The van der Waals surface area contributed by atoms with Gasteiger partial charge in [0.2, 0.25) is 0 Å². The summed E-state index contributed by atoms with van der Waals surface area (Å²) in [5, 5.41) is 8.54. The predicted molar refractivity (Wildman–Crippen MR) is 58.3 cm³/mol. The summed E-state index contributed by atoms with van der Waals surface area (Å²) in [5.74, 6) is -0.854. The largest absolute Gasteiger partial charge is 0.319 e. The Morgan fingerprint density at radius 1 is 1.35 bits per heavy atom. The first-order valence-corrected chi connectivity index (χ1v) is 4.76. The standard InChI is InChI=1S/C11H8FN3O2/c12-8-3-1-7(2-4-8)11(17)14-9-5-13-15-10(9)6-16/h1-6H,(H,13,15)(H,14,17). The van der Waals surface area contributed by atoms with Crippen molar-refractivity contribution in [3.8, 4) is 0 Å². The lowest BCUT2D eigenvalue weighted by Gasteiger charge is -2.02. The van der Waals surface area contributed by atoms with Gasteiger partial charge >= 0.3 is 0 Å². The third-order valence-electron chi connectivity index (χ3n) is 2.14. The summed E-state index contributed by atoms with van der Waals surface area (Å²) >= 11 is 0. The smallest absolute Gasteiger partial charge is 0.255 e. The number of aldehydes is 1. The summed E-state index contributed by atoms with van der Waals surface area (Å²) in [5.41, 5.74) is 0.763. The molecule has 0 bridgehead atoms. The minimum absolute atomic E-state index is 0.181. The molecule has 1 amide bonds. The van der Waals surface area contributed by atoms with Crippen LogP contribution in [0.2, 0.25) is 0 Å². The maximum Gasteiger partial charge on any atom is 0.255 e. The van der Waals surface area contributed by atoms with Crippen LogP contribution in [-0.4, -0.2) is 22.4 Å².